The van der Waals surface area contributed by atoms with E-state index in [1.54, 1.807) is 24.3 Å². The van der Waals surface area contributed by atoms with Crippen LogP contribution in [0, 0.1) is 17.7 Å². The number of rotatable bonds is 4. The SMILES string of the molecule is O=C(O)C1C2CCCC2CN1C(=O)C/C=C/c1ccc(F)cc1. The van der Waals surface area contributed by atoms with Gasteiger partial charge in [-0.3, -0.25) is 4.79 Å². The van der Waals surface area contributed by atoms with Gasteiger partial charge in [-0.15, -0.1) is 0 Å². The first-order chi connectivity index (χ1) is 11.1. The lowest BCUT2D eigenvalue weighted by atomic mass is 9.94. The Bertz CT molecular complexity index is 626. The first-order valence-corrected chi connectivity index (χ1v) is 8.00. The quantitative estimate of drug-likeness (QED) is 0.929. The number of benzene rings is 1. The number of aliphatic carboxylic acids is 1. The summed E-state index contributed by atoms with van der Waals surface area (Å²) in [7, 11) is 0. The third-order valence-electron chi connectivity index (χ3n) is 4.94. The number of hydrogen-bond donors (Lipinski definition) is 1. The molecule has 23 heavy (non-hydrogen) atoms. The average molecular weight is 317 g/mol. The monoisotopic (exact) mass is 317 g/mol. The number of amides is 1. The molecule has 3 rings (SSSR count). The summed E-state index contributed by atoms with van der Waals surface area (Å²) in [6.07, 6.45) is 6.61. The van der Waals surface area contributed by atoms with Crippen molar-refractivity contribution in [3.8, 4) is 0 Å². The van der Waals surface area contributed by atoms with Gasteiger partial charge < -0.3 is 10.0 Å². The number of halogens is 1. The van der Waals surface area contributed by atoms with E-state index < -0.39 is 12.0 Å². The molecule has 5 heteroatoms. The van der Waals surface area contributed by atoms with E-state index in [9.17, 15) is 19.1 Å². The first kappa shape index (κ1) is 15.7. The van der Waals surface area contributed by atoms with Crippen LogP contribution in [-0.4, -0.2) is 34.5 Å². The molecule has 4 nitrogen and oxygen atoms in total. The fraction of sp³-hybridized carbons (Fsp3) is 0.444. The van der Waals surface area contributed by atoms with Gasteiger partial charge in [-0.2, -0.15) is 0 Å². The topological polar surface area (TPSA) is 57.6 Å². The number of carboxylic acids is 1. The molecule has 1 heterocycles. The highest BCUT2D eigenvalue weighted by Gasteiger charge is 2.49. The molecule has 1 aliphatic heterocycles. The number of carbonyl (C=O) groups is 2. The molecule has 2 aliphatic rings. The van der Waals surface area contributed by atoms with Gasteiger partial charge in [0.15, 0.2) is 0 Å². The molecule has 1 saturated carbocycles. The standard InChI is InChI=1S/C18H20FNO3/c19-14-9-7-12(8-10-14)3-1-6-16(21)20-11-13-4-2-5-15(13)17(20)18(22)23/h1,3,7-10,13,15,17H,2,4-6,11H2,(H,22,23)/b3-1+. The van der Waals surface area contributed by atoms with Crippen molar-refractivity contribution in [2.75, 3.05) is 6.54 Å². The molecule has 1 saturated heterocycles. The number of nitrogens with zero attached hydrogens (tertiary/aromatic N) is 1. The molecule has 2 fully saturated rings. The van der Waals surface area contributed by atoms with Crippen LogP contribution in [0.25, 0.3) is 6.08 Å². The summed E-state index contributed by atoms with van der Waals surface area (Å²) in [4.78, 5) is 25.5. The zero-order valence-corrected chi connectivity index (χ0v) is 12.8. The Hall–Kier alpha value is -2.17. The second kappa shape index (κ2) is 6.52. The molecule has 3 atom stereocenters. The van der Waals surface area contributed by atoms with Crippen LogP contribution in [-0.2, 0) is 9.59 Å². The summed E-state index contributed by atoms with van der Waals surface area (Å²) in [5, 5.41) is 9.46. The Morgan fingerprint density at radius 1 is 1.26 bits per heavy atom. The van der Waals surface area contributed by atoms with Gasteiger partial charge in [-0.05, 0) is 42.4 Å². The van der Waals surface area contributed by atoms with Crippen molar-refractivity contribution in [1.82, 2.24) is 4.90 Å². The van der Waals surface area contributed by atoms with Crippen molar-refractivity contribution in [1.29, 1.82) is 0 Å². The predicted octanol–water partition coefficient (Wildman–Crippen LogP) is 2.94. The van der Waals surface area contributed by atoms with E-state index in [1.165, 1.54) is 17.0 Å². The minimum Gasteiger partial charge on any atom is -0.480 e. The second-order valence-corrected chi connectivity index (χ2v) is 6.34. The second-order valence-electron chi connectivity index (χ2n) is 6.34. The largest absolute Gasteiger partial charge is 0.480 e. The summed E-state index contributed by atoms with van der Waals surface area (Å²) >= 11 is 0. The maximum absolute atomic E-state index is 12.8. The van der Waals surface area contributed by atoms with Crippen LogP contribution in [0.4, 0.5) is 4.39 Å². The highest BCUT2D eigenvalue weighted by atomic mass is 19.1. The molecule has 1 N–H and O–H groups in total. The van der Waals surface area contributed by atoms with Crippen molar-refractivity contribution in [2.45, 2.75) is 31.7 Å². The number of hydrogen-bond acceptors (Lipinski definition) is 2. The van der Waals surface area contributed by atoms with Crippen molar-refractivity contribution in [3.05, 3.63) is 41.7 Å². The van der Waals surface area contributed by atoms with E-state index in [4.69, 9.17) is 0 Å². The van der Waals surface area contributed by atoms with Gasteiger partial charge in [-0.1, -0.05) is 30.7 Å². The fourth-order valence-electron chi connectivity index (χ4n) is 3.87. The Kier molecular flexibility index (Phi) is 4.46. The van der Waals surface area contributed by atoms with Gasteiger partial charge in [0.05, 0.1) is 0 Å². The maximum Gasteiger partial charge on any atom is 0.326 e. The summed E-state index contributed by atoms with van der Waals surface area (Å²) in [6, 6.07) is 5.33. The minimum absolute atomic E-state index is 0.109. The Labute approximate surface area is 134 Å². The Morgan fingerprint density at radius 3 is 2.70 bits per heavy atom. The Balaban J connectivity index is 1.63. The van der Waals surface area contributed by atoms with Crippen LogP contribution in [0.15, 0.2) is 30.3 Å². The number of carbonyl (C=O) groups excluding carboxylic acids is 1. The maximum atomic E-state index is 12.8. The molecular formula is C18H20FNO3. The molecule has 122 valence electrons. The highest BCUT2D eigenvalue weighted by Crippen LogP contribution is 2.42. The third kappa shape index (κ3) is 3.28. The van der Waals surface area contributed by atoms with Crippen LogP contribution in [0.2, 0.25) is 0 Å². The van der Waals surface area contributed by atoms with Gasteiger partial charge in [-0.25, -0.2) is 9.18 Å². The molecule has 0 spiro atoms. The van der Waals surface area contributed by atoms with Crippen LogP contribution in [0.5, 0.6) is 0 Å². The molecule has 1 amide bonds. The lowest BCUT2D eigenvalue weighted by Crippen LogP contribution is -2.43. The van der Waals surface area contributed by atoms with Crippen LogP contribution in [0.1, 0.15) is 31.2 Å². The van der Waals surface area contributed by atoms with Crippen LogP contribution < -0.4 is 0 Å². The van der Waals surface area contributed by atoms with E-state index in [0.717, 1.165) is 24.8 Å². The highest BCUT2D eigenvalue weighted by molar-refractivity contribution is 5.86. The summed E-state index contributed by atoms with van der Waals surface area (Å²) in [6.45, 7) is 0.560. The molecule has 0 radical (unpaired) electrons. The zero-order valence-electron chi connectivity index (χ0n) is 12.8. The summed E-state index contributed by atoms with van der Waals surface area (Å²) in [5.41, 5.74) is 0.812. The fourth-order valence-corrected chi connectivity index (χ4v) is 3.87. The van der Waals surface area contributed by atoms with Gasteiger partial charge in [0.25, 0.3) is 0 Å². The Morgan fingerprint density at radius 2 is 2.00 bits per heavy atom. The van der Waals surface area contributed by atoms with Crippen LogP contribution >= 0.6 is 0 Å². The zero-order chi connectivity index (χ0) is 16.4. The van der Waals surface area contributed by atoms with Crippen molar-refractivity contribution in [2.24, 2.45) is 11.8 Å². The van der Waals surface area contributed by atoms with Crippen molar-refractivity contribution < 1.29 is 19.1 Å². The lowest BCUT2D eigenvalue weighted by molar-refractivity contribution is -0.149. The van der Waals surface area contributed by atoms with Crippen LogP contribution in [0.3, 0.4) is 0 Å². The van der Waals surface area contributed by atoms with E-state index in [-0.39, 0.29) is 24.1 Å². The molecular weight excluding hydrogens is 297 g/mol. The molecule has 0 aromatic heterocycles. The number of fused-ring (bicyclic) bond motifs is 1. The number of carboxylic acid groups (broad SMARTS) is 1. The van der Waals surface area contributed by atoms with Gasteiger partial charge >= 0.3 is 5.97 Å². The van der Waals surface area contributed by atoms with Gasteiger partial charge in [0, 0.05) is 13.0 Å². The normalized spacial score (nSPS) is 26.7. The molecule has 1 aromatic carbocycles. The number of likely N-dealkylation sites (tertiary alicyclic amines) is 1. The van der Waals surface area contributed by atoms with Crippen molar-refractivity contribution in [3.63, 3.8) is 0 Å². The van der Waals surface area contributed by atoms with E-state index in [1.807, 2.05) is 0 Å². The third-order valence-corrected chi connectivity index (χ3v) is 4.94. The minimum atomic E-state index is -0.893. The van der Waals surface area contributed by atoms with E-state index in [2.05, 4.69) is 0 Å². The smallest absolute Gasteiger partial charge is 0.326 e. The molecule has 3 unspecified atom stereocenters. The van der Waals surface area contributed by atoms with Gasteiger partial charge in [0.1, 0.15) is 11.9 Å². The molecule has 0 bridgehead atoms. The first-order valence-electron chi connectivity index (χ1n) is 8.00. The average Bonchev–Trinajstić information content (AvgIpc) is 3.09. The van der Waals surface area contributed by atoms with E-state index in [0.29, 0.717) is 12.5 Å². The predicted molar refractivity (Wildman–Crippen MR) is 84.0 cm³/mol. The molecule has 1 aliphatic carbocycles. The summed E-state index contributed by atoms with van der Waals surface area (Å²) in [5.74, 6) is -0.898. The summed E-state index contributed by atoms with van der Waals surface area (Å²) < 4.78 is 12.8. The lowest BCUT2D eigenvalue weighted by Gasteiger charge is -2.23. The van der Waals surface area contributed by atoms with Gasteiger partial charge in [0.2, 0.25) is 5.91 Å². The van der Waals surface area contributed by atoms with E-state index >= 15 is 0 Å². The molecule has 1 aromatic rings. The van der Waals surface area contributed by atoms with Crippen molar-refractivity contribution >= 4 is 18.0 Å².